The van der Waals surface area contributed by atoms with Gasteiger partial charge in [-0.1, -0.05) is 11.6 Å². The number of hydrogen-bond donors (Lipinski definition) is 1. The summed E-state index contributed by atoms with van der Waals surface area (Å²) in [5, 5.41) is 0.328. The van der Waals surface area contributed by atoms with Crippen LogP contribution in [0.5, 0.6) is 5.75 Å². The number of esters is 1. The van der Waals surface area contributed by atoms with Crippen molar-refractivity contribution in [2.45, 2.75) is 6.92 Å². The largest absolute Gasteiger partial charge is 0.494 e. The molecule has 0 fully saturated rings. The molecule has 15 heavy (non-hydrogen) atoms. The molecule has 0 aliphatic heterocycles. The smallest absolute Gasteiger partial charge is 0.344 e. The minimum atomic E-state index is -0.533. The van der Waals surface area contributed by atoms with E-state index in [1.54, 1.807) is 13.0 Å². The zero-order valence-corrected chi connectivity index (χ0v) is 9.30. The van der Waals surface area contributed by atoms with Gasteiger partial charge in [0.05, 0.1) is 24.4 Å². The van der Waals surface area contributed by atoms with Crippen LogP contribution in [0.15, 0.2) is 12.1 Å². The first-order chi connectivity index (χ1) is 7.11. The summed E-state index contributed by atoms with van der Waals surface area (Å²) in [4.78, 5) is 11.6. The van der Waals surface area contributed by atoms with E-state index < -0.39 is 5.97 Å². The average Bonchev–Trinajstić information content (AvgIpc) is 2.21. The molecule has 0 atom stereocenters. The Bertz CT molecular complexity index is 379. The topological polar surface area (TPSA) is 61.5 Å². The van der Waals surface area contributed by atoms with Gasteiger partial charge in [-0.15, -0.1) is 0 Å². The lowest BCUT2D eigenvalue weighted by Gasteiger charge is -2.11. The van der Waals surface area contributed by atoms with Gasteiger partial charge in [-0.3, -0.25) is 0 Å². The molecule has 4 nitrogen and oxygen atoms in total. The molecule has 0 saturated carbocycles. The van der Waals surface area contributed by atoms with E-state index in [-0.39, 0.29) is 23.6 Å². The number of halogens is 1. The molecule has 0 saturated heterocycles. The van der Waals surface area contributed by atoms with Crippen LogP contribution in [0.4, 0.5) is 5.69 Å². The molecule has 1 aromatic rings. The van der Waals surface area contributed by atoms with E-state index in [0.717, 1.165) is 0 Å². The van der Waals surface area contributed by atoms with Crippen molar-refractivity contribution < 1.29 is 14.3 Å². The first-order valence-electron chi connectivity index (χ1n) is 4.40. The maximum absolute atomic E-state index is 11.6. The van der Waals surface area contributed by atoms with Crippen molar-refractivity contribution in [1.82, 2.24) is 0 Å². The SMILES string of the molecule is CCOC(=O)c1c(N)ccc(Cl)c1OC. The van der Waals surface area contributed by atoms with Gasteiger partial charge in [-0.2, -0.15) is 0 Å². The molecule has 0 radical (unpaired) electrons. The zero-order chi connectivity index (χ0) is 11.4. The highest BCUT2D eigenvalue weighted by Gasteiger charge is 2.19. The van der Waals surface area contributed by atoms with Gasteiger partial charge in [0, 0.05) is 0 Å². The highest BCUT2D eigenvalue weighted by atomic mass is 35.5. The normalized spacial score (nSPS) is 9.80. The van der Waals surface area contributed by atoms with Gasteiger partial charge in [0.25, 0.3) is 0 Å². The second kappa shape index (κ2) is 4.89. The molecule has 0 aliphatic rings. The molecule has 2 N–H and O–H groups in total. The number of benzene rings is 1. The predicted octanol–water partition coefficient (Wildman–Crippen LogP) is 2.11. The number of methoxy groups -OCH3 is 1. The van der Waals surface area contributed by atoms with Crippen LogP contribution in [0, 0.1) is 0 Å². The molecule has 1 rings (SSSR count). The third-order valence-corrected chi connectivity index (χ3v) is 2.12. The monoisotopic (exact) mass is 229 g/mol. The van der Waals surface area contributed by atoms with Crippen LogP contribution in [-0.4, -0.2) is 19.7 Å². The molecule has 0 unspecified atom stereocenters. The fourth-order valence-corrected chi connectivity index (χ4v) is 1.42. The molecule has 1 aromatic carbocycles. The molecule has 0 amide bonds. The molecule has 82 valence electrons. The van der Waals surface area contributed by atoms with Crippen LogP contribution in [0.1, 0.15) is 17.3 Å². The van der Waals surface area contributed by atoms with Crippen LogP contribution in [0.2, 0.25) is 5.02 Å². The number of hydrogen-bond acceptors (Lipinski definition) is 4. The van der Waals surface area contributed by atoms with Crippen molar-refractivity contribution in [2.24, 2.45) is 0 Å². The van der Waals surface area contributed by atoms with Crippen LogP contribution < -0.4 is 10.5 Å². The van der Waals surface area contributed by atoms with Crippen molar-refractivity contribution in [2.75, 3.05) is 19.5 Å². The lowest BCUT2D eigenvalue weighted by molar-refractivity contribution is 0.0524. The summed E-state index contributed by atoms with van der Waals surface area (Å²) in [6, 6.07) is 3.11. The molecule has 0 bridgehead atoms. The van der Waals surface area contributed by atoms with Gasteiger partial charge >= 0.3 is 5.97 Å². The molecular formula is C10H12ClNO3. The lowest BCUT2D eigenvalue weighted by Crippen LogP contribution is -2.10. The van der Waals surface area contributed by atoms with Crippen molar-refractivity contribution in [3.05, 3.63) is 22.7 Å². The van der Waals surface area contributed by atoms with Crippen molar-refractivity contribution >= 4 is 23.3 Å². The zero-order valence-electron chi connectivity index (χ0n) is 8.54. The molecule has 0 aliphatic carbocycles. The van der Waals surface area contributed by atoms with Gasteiger partial charge < -0.3 is 15.2 Å². The van der Waals surface area contributed by atoms with Gasteiger partial charge in [0.15, 0.2) is 5.75 Å². The minimum absolute atomic E-state index is 0.173. The summed E-state index contributed by atoms with van der Waals surface area (Å²) in [7, 11) is 1.42. The van der Waals surface area contributed by atoms with E-state index in [1.807, 2.05) is 0 Å². The van der Waals surface area contributed by atoms with Gasteiger partial charge in [0.2, 0.25) is 0 Å². The first kappa shape index (κ1) is 11.7. The predicted molar refractivity (Wildman–Crippen MR) is 58.4 cm³/mol. The molecular weight excluding hydrogens is 218 g/mol. The Morgan fingerprint density at radius 1 is 1.53 bits per heavy atom. The van der Waals surface area contributed by atoms with E-state index in [2.05, 4.69) is 0 Å². The van der Waals surface area contributed by atoms with Crippen LogP contribution in [0.25, 0.3) is 0 Å². The summed E-state index contributed by atoms with van der Waals surface area (Å²) >= 11 is 5.86. The van der Waals surface area contributed by atoms with Crippen LogP contribution >= 0.6 is 11.6 Å². The Morgan fingerprint density at radius 2 is 2.20 bits per heavy atom. The van der Waals surface area contributed by atoms with E-state index in [9.17, 15) is 4.79 Å². The number of anilines is 1. The Morgan fingerprint density at radius 3 is 2.73 bits per heavy atom. The Balaban J connectivity index is 3.24. The number of nitrogen functional groups attached to an aromatic ring is 1. The summed E-state index contributed by atoms with van der Waals surface area (Å²) in [5.41, 5.74) is 6.12. The highest BCUT2D eigenvalue weighted by Crippen LogP contribution is 2.33. The number of rotatable bonds is 3. The number of carbonyl (C=O) groups is 1. The summed E-state index contributed by atoms with van der Waals surface area (Å²) < 4.78 is 9.86. The standard InChI is InChI=1S/C10H12ClNO3/c1-3-15-10(13)8-7(12)5-4-6(11)9(8)14-2/h4-5H,3,12H2,1-2H3. The van der Waals surface area contributed by atoms with E-state index in [4.69, 9.17) is 26.8 Å². The molecule has 0 aromatic heterocycles. The van der Waals surface area contributed by atoms with Gasteiger partial charge in [-0.25, -0.2) is 4.79 Å². The quantitative estimate of drug-likeness (QED) is 0.637. The maximum Gasteiger partial charge on any atom is 0.344 e. The second-order valence-corrected chi connectivity index (χ2v) is 3.17. The third-order valence-electron chi connectivity index (χ3n) is 1.83. The van der Waals surface area contributed by atoms with Crippen LogP contribution in [0.3, 0.4) is 0 Å². The van der Waals surface area contributed by atoms with E-state index >= 15 is 0 Å². The summed E-state index contributed by atoms with van der Waals surface area (Å²) in [6.45, 7) is 1.99. The minimum Gasteiger partial charge on any atom is -0.494 e. The Labute approximate surface area is 92.9 Å². The molecule has 5 heteroatoms. The Kier molecular flexibility index (Phi) is 3.80. The van der Waals surface area contributed by atoms with E-state index in [0.29, 0.717) is 5.02 Å². The van der Waals surface area contributed by atoms with Crippen molar-refractivity contribution in [3.63, 3.8) is 0 Å². The lowest BCUT2D eigenvalue weighted by atomic mass is 10.1. The third kappa shape index (κ3) is 2.33. The first-order valence-corrected chi connectivity index (χ1v) is 4.78. The number of ether oxygens (including phenoxy) is 2. The fourth-order valence-electron chi connectivity index (χ4n) is 1.19. The van der Waals surface area contributed by atoms with Crippen LogP contribution in [-0.2, 0) is 4.74 Å². The number of carbonyl (C=O) groups excluding carboxylic acids is 1. The summed E-state index contributed by atoms with van der Waals surface area (Å²) in [6.07, 6.45) is 0. The van der Waals surface area contributed by atoms with E-state index in [1.165, 1.54) is 13.2 Å². The summed E-state index contributed by atoms with van der Waals surface area (Å²) in [5.74, 6) is -0.288. The maximum atomic E-state index is 11.6. The fraction of sp³-hybridized carbons (Fsp3) is 0.300. The second-order valence-electron chi connectivity index (χ2n) is 2.77. The highest BCUT2D eigenvalue weighted by molar-refractivity contribution is 6.33. The Hall–Kier alpha value is -1.42. The van der Waals surface area contributed by atoms with Gasteiger partial charge in [0.1, 0.15) is 5.56 Å². The molecule has 0 heterocycles. The molecule has 0 spiro atoms. The number of nitrogens with two attached hydrogens (primary N) is 1. The van der Waals surface area contributed by atoms with Crippen molar-refractivity contribution in [1.29, 1.82) is 0 Å². The van der Waals surface area contributed by atoms with Crippen molar-refractivity contribution in [3.8, 4) is 5.75 Å². The van der Waals surface area contributed by atoms with Gasteiger partial charge in [-0.05, 0) is 19.1 Å². The average molecular weight is 230 g/mol.